The molecule has 1 amide bonds. The van der Waals surface area contributed by atoms with Crippen LogP contribution in [0.2, 0.25) is 0 Å². The number of carbonyl (C=O) groups is 1. The Balaban J connectivity index is 1.96. The Morgan fingerprint density at radius 2 is 2.20 bits per heavy atom. The number of halogens is 1. The number of anilines is 1. The summed E-state index contributed by atoms with van der Waals surface area (Å²) in [7, 11) is 0. The average Bonchev–Trinajstić information content (AvgIpc) is 2.65. The monoisotopic (exact) mass is 353 g/mol. The van der Waals surface area contributed by atoms with Crippen molar-refractivity contribution in [2.45, 2.75) is 6.42 Å². The van der Waals surface area contributed by atoms with Gasteiger partial charge in [-0.2, -0.15) is 0 Å². The maximum Gasteiger partial charge on any atom is 0.266 e. The molecular formula is C14H16BrN3OS. The SMILES string of the molecule is Nc1c(C(=O)N2CCCNCC2)sc2cc(Br)ccc12. The van der Waals surface area contributed by atoms with Crippen LogP contribution in [0.5, 0.6) is 0 Å². The van der Waals surface area contributed by atoms with E-state index in [1.165, 1.54) is 11.3 Å². The van der Waals surface area contributed by atoms with E-state index >= 15 is 0 Å². The van der Waals surface area contributed by atoms with Crippen molar-refractivity contribution in [2.24, 2.45) is 0 Å². The Morgan fingerprint density at radius 1 is 1.35 bits per heavy atom. The van der Waals surface area contributed by atoms with E-state index in [1.807, 2.05) is 23.1 Å². The summed E-state index contributed by atoms with van der Waals surface area (Å²) < 4.78 is 2.05. The maximum absolute atomic E-state index is 12.6. The van der Waals surface area contributed by atoms with Gasteiger partial charge in [0, 0.05) is 34.2 Å². The predicted octanol–water partition coefficient (Wildman–Crippen LogP) is 2.68. The van der Waals surface area contributed by atoms with Crippen LogP contribution in [0.1, 0.15) is 16.1 Å². The predicted molar refractivity (Wildman–Crippen MR) is 87.3 cm³/mol. The van der Waals surface area contributed by atoms with Crippen LogP contribution in [0, 0.1) is 0 Å². The normalized spacial score (nSPS) is 16.4. The van der Waals surface area contributed by atoms with Crippen molar-refractivity contribution in [3.8, 4) is 0 Å². The maximum atomic E-state index is 12.6. The van der Waals surface area contributed by atoms with Crippen LogP contribution in [0.25, 0.3) is 10.1 Å². The number of rotatable bonds is 1. The second-order valence-corrected chi connectivity index (χ2v) is 6.85. The second-order valence-electron chi connectivity index (χ2n) is 4.88. The Labute approximate surface area is 130 Å². The highest BCUT2D eigenvalue weighted by atomic mass is 79.9. The number of nitrogens with zero attached hydrogens (tertiary/aromatic N) is 1. The molecule has 106 valence electrons. The van der Waals surface area contributed by atoms with E-state index in [1.54, 1.807) is 0 Å². The first-order valence-corrected chi connectivity index (χ1v) is 8.25. The van der Waals surface area contributed by atoms with Crippen molar-refractivity contribution in [2.75, 3.05) is 31.9 Å². The minimum atomic E-state index is 0.0588. The molecule has 3 N–H and O–H groups in total. The van der Waals surface area contributed by atoms with Crippen molar-refractivity contribution in [3.63, 3.8) is 0 Å². The van der Waals surface area contributed by atoms with E-state index in [-0.39, 0.29) is 5.91 Å². The minimum absolute atomic E-state index is 0.0588. The Kier molecular flexibility index (Phi) is 3.96. The van der Waals surface area contributed by atoms with Crippen molar-refractivity contribution < 1.29 is 4.79 Å². The summed E-state index contributed by atoms with van der Waals surface area (Å²) in [5.41, 5.74) is 6.78. The summed E-state index contributed by atoms with van der Waals surface area (Å²) in [6, 6.07) is 5.93. The second kappa shape index (κ2) is 5.71. The third-order valence-corrected chi connectivity index (χ3v) is 5.16. The highest BCUT2D eigenvalue weighted by Crippen LogP contribution is 2.36. The summed E-state index contributed by atoms with van der Waals surface area (Å²) in [5.74, 6) is 0.0588. The van der Waals surface area contributed by atoms with Crippen LogP contribution in [0.3, 0.4) is 0 Å². The lowest BCUT2D eigenvalue weighted by Crippen LogP contribution is -2.34. The third kappa shape index (κ3) is 2.55. The molecule has 1 saturated heterocycles. The van der Waals surface area contributed by atoms with Gasteiger partial charge in [-0.15, -0.1) is 11.3 Å². The van der Waals surface area contributed by atoms with E-state index in [9.17, 15) is 4.79 Å². The number of nitrogen functional groups attached to an aromatic ring is 1. The molecule has 6 heteroatoms. The van der Waals surface area contributed by atoms with Gasteiger partial charge in [-0.1, -0.05) is 22.0 Å². The van der Waals surface area contributed by atoms with Crippen molar-refractivity contribution >= 4 is 48.9 Å². The van der Waals surface area contributed by atoms with E-state index in [0.717, 1.165) is 47.2 Å². The van der Waals surface area contributed by atoms with E-state index in [4.69, 9.17) is 5.73 Å². The molecule has 0 saturated carbocycles. The van der Waals surface area contributed by atoms with Crippen LogP contribution in [-0.2, 0) is 0 Å². The van der Waals surface area contributed by atoms with Crippen molar-refractivity contribution in [3.05, 3.63) is 27.5 Å². The number of benzene rings is 1. The molecule has 4 nitrogen and oxygen atoms in total. The number of carbonyl (C=O) groups excluding carboxylic acids is 1. The van der Waals surface area contributed by atoms with Gasteiger partial charge in [0.1, 0.15) is 4.88 Å². The molecule has 2 aromatic rings. The van der Waals surface area contributed by atoms with Crippen LogP contribution in [-0.4, -0.2) is 37.0 Å². The Bertz CT molecular complexity index is 647. The van der Waals surface area contributed by atoms with Crippen molar-refractivity contribution in [1.29, 1.82) is 0 Å². The first-order chi connectivity index (χ1) is 9.66. The quantitative estimate of drug-likeness (QED) is 0.828. The van der Waals surface area contributed by atoms with Gasteiger partial charge in [-0.05, 0) is 25.1 Å². The zero-order chi connectivity index (χ0) is 14.1. The van der Waals surface area contributed by atoms with Gasteiger partial charge in [0.25, 0.3) is 5.91 Å². The number of hydrogen-bond donors (Lipinski definition) is 2. The molecule has 0 bridgehead atoms. The van der Waals surface area contributed by atoms with Crippen LogP contribution >= 0.6 is 27.3 Å². The molecule has 0 atom stereocenters. The van der Waals surface area contributed by atoms with Gasteiger partial charge in [0.15, 0.2) is 0 Å². The van der Waals surface area contributed by atoms with Gasteiger partial charge in [0.2, 0.25) is 0 Å². The average molecular weight is 354 g/mol. The molecule has 1 aromatic carbocycles. The summed E-state index contributed by atoms with van der Waals surface area (Å²) in [5, 5.41) is 4.27. The topological polar surface area (TPSA) is 58.4 Å². The fourth-order valence-electron chi connectivity index (χ4n) is 2.44. The molecule has 0 radical (unpaired) electrons. The third-order valence-electron chi connectivity index (χ3n) is 3.51. The zero-order valence-corrected chi connectivity index (χ0v) is 13.4. The highest BCUT2D eigenvalue weighted by Gasteiger charge is 2.22. The zero-order valence-electron chi connectivity index (χ0n) is 11.0. The Hall–Kier alpha value is -1.11. The lowest BCUT2D eigenvalue weighted by Gasteiger charge is -2.19. The molecule has 0 aliphatic carbocycles. The minimum Gasteiger partial charge on any atom is -0.397 e. The molecule has 2 heterocycles. The van der Waals surface area contributed by atoms with E-state index in [0.29, 0.717) is 10.6 Å². The first-order valence-electron chi connectivity index (χ1n) is 6.64. The lowest BCUT2D eigenvalue weighted by molar-refractivity contribution is 0.0772. The number of nitrogens with two attached hydrogens (primary N) is 1. The molecule has 0 spiro atoms. The van der Waals surface area contributed by atoms with Crippen LogP contribution < -0.4 is 11.1 Å². The standard InChI is InChI=1S/C14H16BrN3OS/c15-9-2-3-10-11(8-9)20-13(12(10)16)14(19)18-6-1-4-17-5-7-18/h2-3,8,17H,1,4-7,16H2. The largest absolute Gasteiger partial charge is 0.397 e. The molecule has 1 aliphatic rings. The van der Waals surface area contributed by atoms with Gasteiger partial charge < -0.3 is 16.0 Å². The van der Waals surface area contributed by atoms with E-state index < -0.39 is 0 Å². The summed E-state index contributed by atoms with van der Waals surface area (Å²) in [4.78, 5) is 15.2. The summed E-state index contributed by atoms with van der Waals surface area (Å²) in [6.45, 7) is 3.36. The van der Waals surface area contributed by atoms with E-state index in [2.05, 4.69) is 21.2 Å². The number of hydrogen-bond acceptors (Lipinski definition) is 4. The number of fused-ring (bicyclic) bond motifs is 1. The first kappa shape index (κ1) is 13.9. The fraction of sp³-hybridized carbons (Fsp3) is 0.357. The highest BCUT2D eigenvalue weighted by molar-refractivity contribution is 9.10. The fourth-order valence-corrected chi connectivity index (χ4v) is 4.08. The molecule has 1 aromatic heterocycles. The lowest BCUT2D eigenvalue weighted by atomic mass is 10.2. The van der Waals surface area contributed by atoms with Crippen LogP contribution in [0.15, 0.2) is 22.7 Å². The van der Waals surface area contributed by atoms with Gasteiger partial charge in [-0.3, -0.25) is 4.79 Å². The van der Waals surface area contributed by atoms with Crippen molar-refractivity contribution in [1.82, 2.24) is 10.2 Å². The van der Waals surface area contributed by atoms with Gasteiger partial charge in [-0.25, -0.2) is 0 Å². The molecule has 3 rings (SSSR count). The van der Waals surface area contributed by atoms with Crippen LogP contribution in [0.4, 0.5) is 5.69 Å². The number of nitrogens with one attached hydrogen (secondary N) is 1. The molecular weight excluding hydrogens is 338 g/mol. The Morgan fingerprint density at radius 3 is 3.05 bits per heavy atom. The molecule has 0 unspecified atom stereocenters. The smallest absolute Gasteiger partial charge is 0.266 e. The molecule has 1 aliphatic heterocycles. The number of amides is 1. The summed E-state index contributed by atoms with van der Waals surface area (Å²) in [6.07, 6.45) is 0.988. The molecule has 20 heavy (non-hydrogen) atoms. The molecule has 1 fully saturated rings. The summed E-state index contributed by atoms with van der Waals surface area (Å²) >= 11 is 4.93. The number of thiophene rings is 1. The van der Waals surface area contributed by atoms with Gasteiger partial charge >= 0.3 is 0 Å². The van der Waals surface area contributed by atoms with Gasteiger partial charge in [0.05, 0.1) is 5.69 Å².